The number of unbranched alkanes of at least 4 members (excludes halogenated alkanes) is 6. The van der Waals surface area contributed by atoms with Crippen LogP contribution >= 0.6 is 0 Å². The third-order valence-electron chi connectivity index (χ3n) is 4.21. The van der Waals surface area contributed by atoms with E-state index < -0.39 is 10.1 Å². The van der Waals surface area contributed by atoms with E-state index in [0.717, 1.165) is 44.1 Å². The topological polar surface area (TPSA) is 102 Å². The molecule has 7 nitrogen and oxygen atoms in total. The molecule has 0 aromatic heterocycles. The SMILES string of the molecule is COc1ccc(C=CC(=O)NCCCCCCCCCS(=O)(=O)O)cc1OC. The van der Waals surface area contributed by atoms with Crippen molar-refractivity contribution in [1.29, 1.82) is 0 Å². The first-order valence-electron chi connectivity index (χ1n) is 9.49. The van der Waals surface area contributed by atoms with E-state index in [-0.39, 0.29) is 11.7 Å². The van der Waals surface area contributed by atoms with Gasteiger partial charge in [0.2, 0.25) is 5.91 Å². The van der Waals surface area contributed by atoms with Crippen molar-refractivity contribution in [2.24, 2.45) is 0 Å². The van der Waals surface area contributed by atoms with E-state index >= 15 is 0 Å². The number of amides is 1. The Balaban J connectivity index is 2.13. The Morgan fingerprint density at radius 2 is 1.61 bits per heavy atom. The molecule has 0 aliphatic rings. The monoisotopic (exact) mass is 413 g/mol. The second-order valence-electron chi connectivity index (χ2n) is 6.50. The fraction of sp³-hybridized carbons (Fsp3) is 0.550. The van der Waals surface area contributed by atoms with Gasteiger partial charge >= 0.3 is 0 Å². The Bertz CT molecular complexity index is 730. The predicted molar refractivity (Wildman–Crippen MR) is 110 cm³/mol. The quantitative estimate of drug-likeness (QED) is 0.275. The summed E-state index contributed by atoms with van der Waals surface area (Å²) in [5.74, 6) is 0.959. The standard InChI is InChI=1S/C20H31NO6S/c1-26-18-12-10-17(16-19(18)27-2)11-13-20(22)21-14-8-6-4-3-5-7-9-15-28(23,24)25/h10-13,16H,3-9,14-15H2,1-2H3,(H,21,22)(H,23,24,25). The highest BCUT2D eigenvalue weighted by Crippen LogP contribution is 2.27. The van der Waals surface area contributed by atoms with Gasteiger partial charge in [-0.2, -0.15) is 8.42 Å². The Morgan fingerprint density at radius 1 is 1.00 bits per heavy atom. The molecule has 0 fully saturated rings. The molecule has 1 rings (SSSR count). The summed E-state index contributed by atoms with van der Waals surface area (Å²) in [6.45, 7) is 0.623. The number of ether oxygens (including phenoxy) is 2. The first-order chi connectivity index (χ1) is 13.4. The highest BCUT2D eigenvalue weighted by atomic mass is 32.2. The Hall–Kier alpha value is -2.06. The van der Waals surface area contributed by atoms with Crippen molar-refractivity contribution in [2.45, 2.75) is 44.9 Å². The number of carbonyl (C=O) groups is 1. The highest BCUT2D eigenvalue weighted by Gasteiger charge is 2.04. The highest BCUT2D eigenvalue weighted by molar-refractivity contribution is 7.85. The minimum atomic E-state index is -3.82. The normalized spacial score (nSPS) is 11.5. The van der Waals surface area contributed by atoms with E-state index in [4.69, 9.17) is 14.0 Å². The summed E-state index contributed by atoms with van der Waals surface area (Å²) in [5, 5.41) is 2.86. The number of rotatable bonds is 14. The van der Waals surface area contributed by atoms with Crippen LogP contribution in [-0.4, -0.2) is 45.4 Å². The van der Waals surface area contributed by atoms with Gasteiger partial charge in [-0.1, -0.05) is 38.2 Å². The summed E-state index contributed by atoms with van der Waals surface area (Å²) in [7, 11) is -0.683. The lowest BCUT2D eigenvalue weighted by Crippen LogP contribution is -2.21. The van der Waals surface area contributed by atoms with Gasteiger partial charge < -0.3 is 14.8 Å². The molecular formula is C20H31NO6S. The minimum Gasteiger partial charge on any atom is -0.493 e. The lowest BCUT2D eigenvalue weighted by atomic mass is 10.1. The third kappa shape index (κ3) is 10.9. The molecule has 1 aromatic carbocycles. The molecule has 1 amide bonds. The Morgan fingerprint density at radius 3 is 2.21 bits per heavy atom. The van der Waals surface area contributed by atoms with Crippen LogP contribution in [0.5, 0.6) is 11.5 Å². The molecule has 1 aromatic rings. The van der Waals surface area contributed by atoms with Crippen molar-refractivity contribution < 1.29 is 27.2 Å². The molecule has 28 heavy (non-hydrogen) atoms. The zero-order valence-electron chi connectivity index (χ0n) is 16.6. The smallest absolute Gasteiger partial charge is 0.264 e. The van der Waals surface area contributed by atoms with Crippen LogP contribution in [0.15, 0.2) is 24.3 Å². The summed E-state index contributed by atoms with van der Waals surface area (Å²) in [6, 6.07) is 5.44. The predicted octanol–water partition coefficient (Wildman–Crippen LogP) is 3.45. The van der Waals surface area contributed by atoms with Gasteiger partial charge in [-0.15, -0.1) is 0 Å². The zero-order valence-corrected chi connectivity index (χ0v) is 17.5. The zero-order chi connectivity index (χ0) is 20.8. The van der Waals surface area contributed by atoms with E-state index in [2.05, 4.69) is 5.32 Å². The Kier molecular flexibility index (Phi) is 11.3. The van der Waals surface area contributed by atoms with E-state index in [1.54, 1.807) is 32.4 Å². The first-order valence-corrected chi connectivity index (χ1v) is 11.1. The van der Waals surface area contributed by atoms with Crippen LogP contribution < -0.4 is 14.8 Å². The molecule has 0 aliphatic carbocycles. The molecule has 0 saturated carbocycles. The molecule has 2 N–H and O–H groups in total. The number of hydrogen-bond donors (Lipinski definition) is 2. The van der Waals surface area contributed by atoms with Crippen molar-refractivity contribution in [3.05, 3.63) is 29.8 Å². The fourth-order valence-corrected chi connectivity index (χ4v) is 3.26. The second kappa shape index (κ2) is 13.2. The van der Waals surface area contributed by atoms with Crippen LogP contribution in [0.4, 0.5) is 0 Å². The number of hydrogen-bond acceptors (Lipinski definition) is 5. The molecule has 158 valence electrons. The fourth-order valence-electron chi connectivity index (χ4n) is 2.69. The minimum absolute atomic E-state index is 0.139. The van der Waals surface area contributed by atoms with Crippen molar-refractivity contribution in [1.82, 2.24) is 5.32 Å². The van der Waals surface area contributed by atoms with Crippen LogP contribution in [0.25, 0.3) is 6.08 Å². The molecule has 0 aliphatic heterocycles. The average molecular weight is 414 g/mol. The van der Waals surface area contributed by atoms with Gasteiger partial charge in [-0.05, 0) is 36.6 Å². The number of benzene rings is 1. The van der Waals surface area contributed by atoms with Gasteiger partial charge in [0, 0.05) is 12.6 Å². The Labute approximate surface area is 167 Å². The van der Waals surface area contributed by atoms with Gasteiger partial charge in [-0.3, -0.25) is 9.35 Å². The molecule has 0 saturated heterocycles. The van der Waals surface area contributed by atoms with Crippen molar-refractivity contribution in [3.8, 4) is 11.5 Å². The van der Waals surface area contributed by atoms with Crippen molar-refractivity contribution >= 4 is 22.1 Å². The first kappa shape index (κ1) is 24.0. The summed E-state index contributed by atoms with van der Waals surface area (Å²) >= 11 is 0. The van der Waals surface area contributed by atoms with Gasteiger partial charge in [-0.25, -0.2) is 0 Å². The van der Waals surface area contributed by atoms with Crippen LogP contribution in [-0.2, 0) is 14.9 Å². The van der Waals surface area contributed by atoms with Gasteiger partial charge in [0.1, 0.15) is 0 Å². The van der Waals surface area contributed by atoms with Gasteiger partial charge in [0.15, 0.2) is 11.5 Å². The van der Waals surface area contributed by atoms with Crippen LogP contribution in [0.2, 0.25) is 0 Å². The summed E-state index contributed by atoms with van der Waals surface area (Å²) < 4.78 is 40.2. The van der Waals surface area contributed by atoms with Crippen LogP contribution in [0, 0.1) is 0 Å². The summed E-state index contributed by atoms with van der Waals surface area (Å²) in [4.78, 5) is 11.9. The second-order valence-corrected chi connectivity index (χ2v) is 8.07. The molecule has 0 bridgehead atoms. The molecule has 0 unspecified atom stereocenters. The van der Waals surface area contributed by atoms with Crippen molar-refractivity contribution in [2.75, 3.05) is 26.5 Å². The van der Waals surface area contributed by atoms with E-state index in [9.17, 15) is 13.2 Å². The lowest BCUT2D eigenvalue weighted by Gasteiger charge is -2.07. The van der Waals surface area contributed by atoms with Crippen molar-refractivity contribution in [3.63, 3.8) is 0 Å². The lowest BCUT2D eigenvalue weighted by molar-refractivity contribution is -0.116. The molecule has 0 radical (unpaired) electrons. The number of carbonyl (C=O) groups excluding carboxylic acids is 1. The van der Waals surface area contributed by atoms with Crippen LogP contribution in [0.1, 0.15) is 50.5 Å². The maximum Gasteiger partial charge on any atom is 0.264 e. The molecule has 0 spiro atoms. The number of nitrogens with one attached hydrogen (secondary N) is 1. The van der Waals surface area contributed by atoms with Crippen LogP contribution in [0.3, 0.4) is 0 Å². The maximum atomic E-state index is 11.9. The summed E-state index contributed by atoms with van der Waals surface area (Å²) in [5.41, 5.74) is 0.849. The molecular weight excluding hydrogens is 382 g/mol. The van der Waals surface area contributed by atoms with E-state index in [1.807, 2.05) is 6.07 Å². The summed E-state index contributed by atoms with van der Waals surface area (Å²) in [6.07, 6.45) is 9.47. The van der Waals surface area contributed by atoms with E-state index in [0.29, 0.717) is 24.5 Å². The van der Waals surface area contributed by atoms with Gasteiger partial charge in [0.05, 0.1) is 20.0 Å². The largest absolute Gasteiger partial charge is 0.493 e. The third-order valence-corrected chi connectivity index (χ3v) is 5.02. The van der Waals surface area contributed by atoms with Gasteiger partial charge in [0.25, 0.3) is 10.1 Å². The molecule has 0 atom stereocenters. The average Bonchev–Trinajstić information content (AvgIpc) is 2.66. The molecule has 0 heterocycles. The number of methoxy groups -OCH3 is 2. The molecule has 8 heteroatoms. The maximum absolute atomic E-state index is 11.9. The van der Waals surface area contributed by atoms with E-state index in [1.165, 1.54) is 6.08 Å².